The lowest BCUT2D eigenvalue weighted by Crippen LogP contribution is -2.17. The first kappa shape index (κ1) is 15.2. The molecule has 1 aromatic rings. The molecule has 0 saturated heterocycles. The van der Waals surface area contributed by atoms with Gasteiger partial charge in [0.2, 0.25) is 0 Å². The van der Waals surface area contributed by atoms with Crippen molar-refractivity contribution in [3.05, 3.63) is 35.4 Å². The highest BCUT2D eigenvalue weighted by molar-refractivity contribution is 5.26. The molecule has 0 radical (unpaired) electrons. The van der Waals surface area contributed by atoms with Crippen LogP contribution >= 0.6 is 0 Å². The summed E-state index contributed by atoms with van der Waals surface area (Å²) in [6, 6.07) is 8.60. The molecule has 102 valence electrons. The Morgan fingerprint density at radius 1 is 1.06 bits per heavy atom. The molecule has 0 aliphatic heterocycles. The van der Waals surface area contributed by atoms with E-state index in [0.717, 1.165) is 32.5 Å². The fourth-order valence-corrected chi connectivity index (χ4v) is 1.84. The van der Waals surface area contributed by atoms with Crippen LogP contribution < -0.4 is 5.32 Å². The molecule has 1 rings (SSSR count). The molecule has 0 atom stereocenters. The highest BCUT2D eigenvalue weighted by Gasteiger charge is 1.98. The number of benzene rings is 1. The minimum absolute atomic E-state index is 0.678. The monoisotopic (exact) mass is 251 g/mol. The van der Waals surface area contributed by atoms with E-state index in [1.807, 2.05) is 0 Å². The minimum atomic E-state index is 0.678. The van der Waals surface area contributed by atoms with Crippen molar-refractivity contribution < 1.29 is 9.47 Å². The third kappa shape index (κ3) is 6.15. The molecule has 1 aromatic carbocycles. The molecule has 0 heterocycles. The van der Waals surface area contributed by atoms with Crippen molar-refractivity contribution in [2.24, 2.45) is 0 Å². The lowest BCUT2D eigenvalue weighted by Gasteiger charge is -2.09. The van der Waals surface area contributed by atoms with Crippen LogP contribution in [0.5, 0.6) is 0 Å². The van der Waals surface area contributed by atoms with Crippen molar-refractivity contribution in [3.8, 4) is 0 Å². The van der Waals surface area contributed by atoms with Crippen LogP contribution in [0.2, 0.25) is 0 Å². The normalized spacial score (nSPS) is 10.8. The van der Waals surface area contributed by atoms with Gasteiger partial charge in [0.1, 0.15) is 0 Å². The molecule has 0 saturated carbocycles. The average molecular weight is 251 g/mol. The van der Waals surface area contributed by atoms with Crippen molar-refractivity contribution in [3.63, 3.8) is 0 Å². The van der Waals surface area contributed by atoms with E-state index in [9.17, 15) is 0 Å². The number of aryl methyl sites for hydroxylation is 1. The smallest absolute Gasteiger partial charge is 0.0700 e. The van der Waals surface area contributed by atoms with Gasteiger partial charge in [0.05, 0.1) is 13.2 Å². The summed E-state index contributed by atoms with van der Waals surface area (Å²) >= 11 is 0. The third-order valence-electron chi connectivity index (χ3n) is 2.89. The summed E-state index contributed by atoms with van der Waals surface area (Å²) in [6.07, 6.45) is 2.13. The third-order valence-corrected chi connectivity index (χ3v) is 2.89. The molecule has 0 aromatic heterocycles. The van der Waals surface area contributed by atoms with Crippen LogP contribution in [0.25, 0.3) is 0 Å². The Morgan fingerprint density at radius 3 is 2.56 bits per heavy atom. The quantitative estimate of drug-likeness (QED) is 0.648. The van der Waals surface area contributed by atoms with Gasteiger partial charge in [0.25, 0.3) is 0 Å². The topological polar surface area (TPSA) is 30.5 Å². The SMILES string of the molecule is CCc1ccccc1CNCCCOCCOC. The lowest BCUT2D eigenvalue weighted by atomic mass is 10.1. The van der Waals surface area contributed by atoms with Gasteiger partial charge in [-0.15, -0.1) is 0 Å². The number of rotatable bonds is 10. The van der Waals surface area contributed by atoms with Gasteiger partial charge in [-0.3, -0.25) is 0 Å². The van der Waals surface area contributed by atoms with Gasteiger partial charge in [-0.2, -0.15) is 0 Å². The van der Waals surface area contributed by atoms with Crippen LogP contribution in [0.15, 0.2) is 24.3 Å². The van der Waals surface area contributed by atoms with E-state index >= 15 is 0 Å². The molecule has 0 aliphatic carbocycles. The van der Waals surface area contributed by atoms with E-state index in [4.69, 9.17) is 9.47 Å². The second kappa shape index (κ2) is 10.1. The van der Waals surface area contributed by atoms with Gasteiger partial charge in [0, 0.05) is 20.3 Å². The van der Waals surface area contributed by atoms with E-state index in [-0.39, 0.29) is 0 Å². The molecule has 3 nitrogen and oxygen atoms in total. The molecule has 3 heteroatoms. The Kier molecular flexibility index (Phi) is 8.47. The van der Waals surface area contributed by atoms with Crippen LogP contribution in [0, 0.1) is 0 Å². The lowest BCUT2D eigenvalue weighted by molar-refractivity contribution is 0.0695. The molecular weight excluding hydrogens is 226 g/mol. The Balaban J connectivity index is 2.07. The van der Waals surface area contributed by atoms with Crippen LogP contribution in [0.3, 0.4) is 0 Å². The second-order valence-corrected chi connectivity index (χ2v) is 4.26. The maximum atomic E-state index is 5.41. The number of hydrogen-bond acceptors (Lipinski definition) is 3. The highest BCUT2D eigenvalue weighted by atomic mass is 16.5. The Bertz CT molecular complexity index is 315. The fraction of sp³-hybridized carbons (Fsp3) is 0.600. The summed E-state index contributed by atoms with van der Waals surface area (Å²) in [5, 5.41) is 3.46. The zero-order valence-electron chi connectivity index (χ0n) is 11.6. The number of ether oxygens (including phenoxy) is 2. The molecule has 0 bridgehead atoms. The Hall–Kier alpha value is -0.900. The zero-order valence-corrected chi connectivity index (χ0v) is 11.6. The molecule has 0 fully saturated rings. The summed E-state index contributed by atoms with van der Waals surface area (Å²) in [7, 11) is 1.69. The van der Waals surface area contributed by atoms with E-state index in [1.165, 1.54) is 11.1 Å². The average Bonchev–Trinajstić information content (AvgIpc) is 2.42. The van der Waals surface area contributed by atoms with Gasteiger partial charge in [-0.05, 0) is 30.5 Å². The predicted octanol–water partition coefficient (Wildman–Crippen LogP) is 2.39. The largest absolute Gasteiger partial charge is 0.382 e. The summed E-state index contributed by atoms with van der Waals surface area (Å²) in [6.45, 7) is 6.30. The van der Waals surface area contributed by atoms with Gasteiger partial charge in [-0.25, -0.2) is 0 Å². The fourth-order valence-electron chi connectivity index (χ4n) is 1.84. The van der Waals surface area contributed by atoms with Gasteiger partial charge >= 0.3 is 0 Å². The first-order chi connectivity index (χ1) is 8.88. The summed E-state index contributed by atoms with van der Waals surface area (Å²) < 4.78 is 10.3. The van der Waals surface area contributed by atoms with Crippen LogP contribution in [-0.2, 0) is 22.4 Å². The highest BCUT2D eigenvalue weighted by Crippen LogP contribution is 2.08. The van der Waals surface area contributed by atoms with Crippen LogP contribution in [0.4, 0.5) is 0 Å². The molecule has 0 amide bonds. The minimum Gasteiger partial charge on any atom is -0.382 e. The zero-order chi connectivity index (χ0) is 13.1. The first-order valence-corrected chi connectivity index (χ1v) is 6.72. The van der Waals surface area contributed by atoms with Crippen molar-refractivity contribution in [2.45, 2.75) is 26.3 Å². The van der Waals surface area contributed by atoms with E-state index < -0.39 is 0 Å². The summed E-state index contributed by atoms with van der Waals surface area (Å²) in [5.74, 6) is 0. The Labute approximate surface area is 110 Å². The number of hydrogen-bond donors (Lipinski definition) is 1. The van der Waals surface area contributed by atoms with Gasteiger partial charge in [0.15, 0.2) is 0 Å². The maximum absolute atomic E-state index is 5.41. The maximum Gasteiger partial charge on any atom is 0.0700 e. The van der Waals surface area contributed by atoms with E-state index in [2.05, 4.69) is 36.5 Å². The summed E-state index contributed by atoms with van der Waals surface area (Å²) in [4.78, 5) is 0. The summed E-state index contributed by atoms with van der Waals surface area (Å²) in [5.41, 5.74) is 2.83. The first-order valence-electron chi connectivity index (χ1n) is 6.72. The van der Waals surface area contributed by atoms with E-state index in [0.29, 0.717) is 13.2 Å². The molecule has 0 aliphatic rings. The van der Waals surface area contributed by atoms with Crippen molar-refractivity contribution in [1.82, 2.24) is 5.32 Å². The molecule has 0 unspecified atom stereocenters. The van der Waals surface area contributed by atoms with Crippen molar-refractivity contribution >= 4 is 0 Å². The van der Waals surface area contributed by atoms with E-state index in [1.54, 1.807) is 7.11 Å². The Morgan fingerprint density at radius 2 is 1.83 bits per heavy atom. The second-order valence-electron chi connectivity index (χ2n) is 4.26. The van der Waals surface area contributed by atoms with Gasteiger partial charge in [-0.1, -0.05) is 31.2 Å². The standard InChI is InChI=1S/C15H25NO2/c1-3-14-7-4-5-8-15(14)13-16-9-6-10-18-12-11-17-2/h4-5,7-8,16H,3,6,9-13H2,1-2H3. The van der Waals surface area contributed by atoms with Crippen molar-refractivity contribution in [2.75, 3.05) is 33.5 Å². The number of methoxy groups -OCH3 is 1. The molecule has 1 N–H and O–H groups in total. The van der Waals surface area contributed by atoms with Crippen LogP contribution in [-0.4, -0.2) is 33.5 Å². The number of nitrogens with one attached hydrogen (secondary N) is 1. The molecule has 18 heavy (non-hydrogen) atoms. The molecular formula is C15H25NO2. The molecule has 0 spiro atoms. The van der Waals surface area contributed by atoms with Crippen molar-refractivity contribution in [1.29, 1.82) is 0 Å². The predicted molar refractivity (Wildman–Crippen MR) is 74.8 cm³/mol. The van der Waals surface area contributed by atoms with Gasteiger partial charge < -0.3 is 14.8 Å². The van der Waals surface area contributed by atoms with Crippen LogP contribution in [0.1, 0.15) is 24.5 Å².